The number of nitrogens with one attached hydrogen (secondary N) is 1. The molecule has 10 heteroatoms. The summed E-state index contributed by atoms with van der Waals surface area (Å²) in [6.45, 7) is -0.0855. The SMILES string of the molecule is CN1C(=O)[C@@H](NC(=O)c2cc(Oc3cncc(F)c3)ccn2)COc2ccc(C#CC3(O)CCC3)cc21. The quantitative estimate of drug-likeness (QED) is 0.528. The number of ether oxygens (including phenoxy) is 2. The zero-order chi connectivity index (χ0) is 26.0. The molecule has 1 atom stereocenters. The number of carbonyl (C=O) groups is 2. The van der Waals surface area contributed by atoms with Crippen LogP contribution in [-0.2, 0) is 4.79 Å². The highest BCUT2D eigenvalue weighted by Gasteiger charge is 2.33. The minimum Gasteiger partial charge on any atom is -0.489 e. The van der Waals surface area contributed by atoms with E-state index in [2.05, 4.69) is 27.1 Å². The Morgan fingerprint density at radius 1 is 1.24 bits per heavy atom. The standard InChI is InChI=1S/C27H23FN4O5/c1-32-23-11-17(5-9-27(35)7-2-8-27)3-4-24(23)36-16-22(26(32)34)31-25(33)21-13-19(6-10-30-21)37-20-12-18(28)14-29-15-20/h3-4,6,10-15,22,35H,2,7-8,16H2,1H3,(H,31,33)/t22-/m0/s1. The zero-order valence-corrected chi connectivity index (χ0v) is 19.9. The summed E-state index contributed by atoms with van der Waals surface area (Å²) >= 11 is 0. The molecule has 2 N–H and O–H groups in total. The van der Waals surface area contributed by atoms with Crippen LogP contribution in [0.5, 0.6) is 17.2 Å². The molecule has 2 aliphatic rings. The molecular weight excluding hydrogens is 479 g/mol. The monoisotopic (exact) mass is 502 g/mol. The summed E-state index contributed by atoms with van der Waals surface area (Å²) in [5, 5.41) is 12.9. The van der Waals surface area contributed by atoms with Crippen molar-refractivity contribution in [3.8, 4) is 29.1 Å². The second-order valence-corrected chi connectivity index (χ2v) is 8.87. The Morgan fingerprint density at radius 3 is 2.84 bits per heavy atom. The van der Waals surface area contributed by atoms with Gasteiger partial charge in [-0.05, 0) is 43.5 Å². The van der Waals surface area contributed by atoms with Gasteiger partial charge in [-0.3, -0.25) is 19.6 Å². The molecule has 0 spiro atoms. The molecule has 188 valence electrons. The van der Waals surface area contributed by atoms with Crippen LogP contribution in [0.4, 0.5) is 10.1 Å². The molecule has 1 aliphatic carbocycles. The molecular formula is C27H23FN4O5. The normalized spacial score (nSPS) is 17.8. The van der Waals surface area contributed by atoms with E-state index in [1.54, 1.807) is 25.2 Å². The predicted molar refractivity (Wildman–Crippen MR) is 131 cm³/mol. The zero-order valence-electron chi connectivity index (χ0n) is 19.9. The maximum atomic E-state index is 13.4. The van der Waals surface area contributed by atoms with E-state index in [9.17, 15) is 19.1 Å². The maximum Gasteiger partial charge on any atom is 0.270 e. The summed E-state index contributed by atoms with van der Waals surface area (Å²) in [6, 6.07) is 8.26. The molecule has 9 nitrogen and oxygen atoms in total. The van der Waals surface area contributed by atoms with Gasteiger partial charge in [-0.15, -0.1) is 0 Å². The molecule has 1 fully saturated rings. The number of hydrogen-bond donors (Lipinski definition) is 2. The number of rotatable bonds is 4. The highest BCUT2D eigenvalue weighted by molar-refractivity contribution is 6.03. The Balaban J connectivity index is 1.29. The van der Waals surface area contributed by atoms with Gasteiger partial charge in [-0.2, -0.15) is 0 Å². The summed E-state index contributed by atoms with van der Waals surface area (Å²) in [5.41, 5.74) is 0.210. The van der Waals surface area contributed by atoms with E-state index in [1.807, 2.05) is 0 Å². The fraction of sp³-hybridized carbons (Fsp3) is 0.259. The van der Waals surface area contributed by atoms with Gasteiger partial charge < -0.3 is 24.8 Å². The van der Waals surface area contributed by atoms with Crippen LogP contribution in [0.2, 0.25) is 0 Å². The first-order valence-corrected chi connectivity index (χ1v) is 11.6. The van der Waals surface area contributed by atoms with Gasteiger partial charge in [0.15, 0.2) is 0 Å². The lowest BCUT2D eigenvalue weighted by Gasteiger charge is -2.30. The number of aliphatic hydroxyl groups is 1. The summed E-state index contributed by atoms with van der Waals surface area (Å²) in [6.07, 6.45) is 6.01. The van der Waals surface area contributed by atoms with Crippen LogP contribution in [-0.4, -0.2) is 52.2 Å². The maximum absolute atomic E-state index is 13.4. The van der Waals surface area contributed by atoms with Crippen LogP contribution in [0.3, 0.4) is 0 Å². The van der Waals surface area contributed by atoms with Crippen LogP contribution >= 0.6 is 0 Å². The van der Waals surface area contributed by atoms with Crippen molar-refractivity contribution in [2.24, 2.45) is 0 Å². The molecule has 1 saturated carbocycles. The largest absolute Gasteiger partial charge is 0.489 e. The van der Waals surface area contributed by atoms with Crippen molar-refractivity contribution in [2.45, 2.75) is 30.9 Å². The average Bonchev–Trinajstić information content (AvgIpc) is 2.98. The second-order valence-electron chi connectivity index (χ2n) is 8.87. The first kappa shape index (κ1) is 24.2. The van der Waals surface area contributed by atoms with Crippen molar-refractivity contribution in [1.82, 2.24) is 15.3 Å². The number of likely N-dealkylation sites (N-methyl/N-ethyl adjacent to an activating group) is 1. The second kappa shape index (κ2) is 9.87. The van der Waals surface area contributed by atoms with Crippen molar-refractivity contribution < 1.29 is 28.6 Å². The first-order valence-electron chi connectivity index (χ1n) is 11.6. The van der Waals surface area contributed by atoms with Gasteiger partial charge in [-0.25, -0.2) is 4.39 Å². The minimum atomic E-state index is -0.978. The lowest BCUT2D eigenvalue weighted by Crippen LogP contribution is -2.49. The Hall–Kier alpha value is -4.49. The van der Waals surface area contributed by atoms with Crippen LogP contribution in [0.1, 0.15) is 35.3 Å². The van der Waals surface area contributed by atoms with E-state index in [0.717, 1.165) is 18.7 Å². The van der Waals surface area contributed by atoms with Crippen LogP contribution in [0.25, 0.3) is 0 Å². The van der Waals surface area contributed by atoms with E-state index in [0.29, 0.717) is 29.8 Å². The van der Waals surface area contributed by atoms with Crippen LogP contribution in [0.15, 0.2) is 55.0 Å². The number of halogens is 1. The van der Waals surface area contributed by atoms with Gasteiger partial charge in [0.2, 0.25) is 0 Å². The Kier molecular flexibility index (Phi) is 6.46. The molecule has 1 aliphatic heterocycles. The van der Waals surface area contributed by atoms with Crippen molar-refractivity contribution in [3.05, 3.63) is 72.1 Å². The lowest BCUT2D eigenvalue weighted by atomic mass is 9.81. The molecule has 2 amide bonds. The average molecular weight is 503 g/mol. The predicted octanol–water partition coefficient (Wildman–Crippen LogP) is 2.83. The van der Waals surface area contributed by atoms with Crippen LogP contribution < -0.4 is 19.7 Å². The van der Waals surface area contributed by atoms with Crippen molar-refractivity contribution in [1.29, 1.82) is 0 Å². The lowest BCUT2D eigenvalue weighted by molar-refractivity contribution is -0.120. The summed E-state index contributed by atoms with van der Waals surface area (Å²) in [4.78, 5) is 35.2. The van der Waals surface area contributed by atoms with Crippen molar-refractivity contribution in [2.75, 3.05) is 18.6 Å². The minimum absolute atomic E-state index is 0.00515. The van der Waals surface area contributed by atoms with Gasteiger partial charge >= 0.3 is 0 Å². The first-order chi connectivity index (χ1) is 17.8. The third kappa shape index (κ3) is 5.37. The van der Waals surface area contributed by atoms with E-state index in [-0.39, 0.29) is 29.7 Å². The Bertz CT molecular complexity index is 1430. The summed E-state index contributed by atoms with van der Waals surface area (Å²) in [7, 11) is 1.59. The number of amides is 2. The molecule has 3 heterocycles. The smallest absolute Gasteiger partial charge is 0.270 e. The number of aromatic nitrogens is 2. The number of carbonyl (C=O) groups excluding carboxylic acids is 2. The molecule has 1 aromatic carbocycles. The van der Waals surface area contributed by atoms with E-state index in [1.165, 1.54) is 29.4 Å². The van der Waals surface area contributed by atoms with Crippen molar-refractivity contribution in [3.63, 3.8) is 0 Å². The third-order valence-electron chi connectivity index (χ3n) is 6.16. The molecule has 0 bridgehead atoms. The fourth-order valence-electron chi connectivity index (χ4n) is 3.92. The number of pyridine rings is 2. The third-order valence-corrected chi connectivity index (χ3v) is 6.16. The molecule has 0 radical (unpaired) electrons. The topological polar surface area (TPSA) is 114 Å². The number of nitrogens with zero attached hydrogens (tertiary/aromatic N) is 3. The number of hydrogen-bond acceptors (Lipinski definition) is 7. The number of benzene rings is 1. The summed E-state index contributed by atoms with van der Waals surface area (Å²) < 4.78 is 24.8. The van der Waals surface area contributed by atoms with Gasteiger partial charge in [0.25, 0.3) is 11.8 Å². The number of fused-ring (bicyclic) bond motifs is 1. The van der Waals surface area contributed by atoms with E-state index < -0.39 is 23.4 Å². The molecule has 5 rings (SSSR count). The Labute approximate surface area is 212 Å². The van der Waals surface area contributed by atoms with Gasteiger partial charge in [0, 0.05) is 30.9 Å². The summed E-state index contributed by atoms with van der Waals surface area (Å²) in [5.74, 6) is 5.21. The highest BCUT2D eigenvalue weighted by atomic mass is 19.1. The Morgan fingerprint density at radius 2 is 2.08 bits per heavy atom. The van der Waals surface area contributed by atoms with Gasteiger partial charge in [0.05, 0.1) is 18.1 Å². The number of anilines is 1. The van der Waals surface area contributed by atoms with Crippen molar-refractivity contribution >= 4 is 17.5 Å². The van der Waals surface area contributed by atoms with Gasteiger partial charge in [-0.1, -0.05) is 11.8 Å². The highest BCUT2D eigenvalue weighted by Crippen LogP contribution is 2.33. The molecule has 2 aromatic heterocycles. The van der Waals surface area contributed by atoms with E-state index in [4.69, 9.17) is 9.47 Å². The molecule has 37 heavy (non-hydrogen) atoms. The fourth-order valence-corrected chi connectivity index (χ4v) is 3.92. The molecule has 0 unspecified atom stereocenters. The van der Waals surface area contributed by atoms with Gasteiger partial charge in [0.1, 0.15) is 47.0 Å². The molecule has 3 aromatic rings. The van der Waals surface area contributed by atoms with E-state index >= 15 is 0 Å². The molecule has 0 saturated heterocycles. The van der Waals surface area contributed by atoms with Crippen LogP contribution in [0, 0.1) is 17.7 Å².